The molecule has 0 aliphatic carbocycles. The molecule has 1 aliphatic heterocycles. The Morgan fingerprint density at radius 3 is 2.41 bits per heavy atom. The lowest BCUT2D eigenvalue weighted by atomic mass is 10.1. The van der Waals surface area contributed by atoms with Gasteiger partial charge in [-0.2, -0.15) is 5.10 Å². The zero-order chi connectivity index (χ0) is 19.5. The van der Waals surface area contributed by atoms with Crippen LogP contribution in [0.4, 0.5) is 5.82 Å². The van der Waals surface area contributed by atoms with E-state index < -0.39 is 0 Å². The molecule has 6 nitrogen and oxygen atoms in total. The molecule has 1 aromatic carbocycles. The number of piperazine rings is 1. The summed E-state index contributed by atoms with van der Waals surface area (Å²) in [7, 11) is 0. The average molecular weight is 382 g/mol. The molecule has 3 aromatic heterocycles. The highest BCUT2D eigenvalue weighted by atomic mass is 15.5. The Hall–Kier alpha value is -3.67. The van der Waals surface area contributed by atoms with Crippen LogP contribution >= 0.6 is 0 Å². The summed E-state index contributed by atoms with van der Waals surface area (Å²) in [5.41, 5.74) is 3.97. The number of imidazole rings is 1. The topological polar surface area (TPSA) is 49.0 Å². The molecule has 0 amide bonds. The Morgan fingerprint density at radius 1 is 0.828 bits per heavy atom. The van der Waals surface area contributed by atoms with Crippen molar-refractivity contribution in [1.29, 1.82) is 0 Å². The highest BCUT2D eigenvalue weighted by molar-refractivity contribution is 5.89. The van der Waals surface area contributed by atoms with Crippen molar-refractivity contribution in [3.05, 3.63) is 84.8 Å². The van der Waals surface area contributed by atoms with E-state index in [0.29, 0.717) is 0 Å². The van der Waals surface area contributed by atoms with Crippen LogP contribution in [0.25, 0.3) is 16.9 Å². The minimum Gasteiger partial charge on any atom is -0.353 e. The van der Waals surface area contributed by atoms with Gasteiger partial charge in [0.25, 0.3) is 0 Å². The lowest BCUT2D eigenvalue weighted by Gasteiger charge is -2.33. The zero-order valence-corrected chi connectivity index (χ0v) is 16.1. The fraction of sp³-hybridized carbons (Fsp3) is 0.174. The van der Waals surface area contributed by atoms with Gasteiger partial charge in [0, 0.05) is 31.0 Å². The summed E-state index contributed by atoms with van der Waals surface area (Å²) in [5, 5.41) is 6.91. The first kappa shape index (κ1) is 17.4. The van der Waals surface area contributed by atoms with Crippen LogP contribution < -0.4 is 4.90 Å². The highest BCUT2D eigenvalue weighted by Crippen LogP contribution is 2.23. The van der Waals surface area contributed by atoms with Crippen LogP contribution in [0.15, 0.2) is 84.2 Å². The van der Waals surface area contributed by atoms with Gasteiger partial charge >= 0.3 is 0 Å². The lowest BCUT2D eigenvalue weighted by molar-refractivity contribution is 0.271. The summed E-state index contributed by atoms with van der Waals surface area (Å²) in [5.74, 6) is 1.03. The fourth-order valence-corrected chi connectivity index (χ4v) is 3.66. The molecule has 4 heterocycles. The average Bonchev–Trinajstić information content (AvgIpc) is 3.18. The molecule has 0 atom stereocenters. The summed E-state index contributed by atoms with van der Waals surface area (Å²) in [6, 6.07) is 22.4. The third kappa shape index (κ3) is 3.57. The van der Waals surface area contributed by atoms with Crippen molar-refractivity contribution in [2.24, 2.45) is 5.10 Å². The maximum absolute atomic E-state index is 4.84. The van der Waals surface area contributed by atoms with E-state index >= 15 is 0 Å². The van der Waals surface area contributed by atoms with Crippen molar-refractivity contribution in [3.63, 3.8) is 0 Å². The van der Waals surface area contributed by atoms with E-state index in [4.69, 9.17) is 10.1 Å². The van der Waals surface area contributed by atoms with E-state index in [1.54, 1.807) is 0 Å². The van der Waals surface area contributed by atoms with Crippen LogP contribution in [0.2, 0.25) is 0 Å². The second kappa shape index (κ2) is 7.75. The molecular weight excluding hydrogens is 360 g/mol. The van der Waals surface area contributed by atoms with E-state index in [1.807, 2.05) is 67.1 Å². The summed E-state index contributed by atoms with van der Waals surface area (Å²) in [6.07, 6.45) is 5.82. The number of anilines is 1. The molecule has 1 saturated heterocycles. The SMILES string of the molecule is C(=N\N1CCN(c2ccccn2)CC1)/c1c(-c2ccccc2)nc2ccccn12. The normalized spacial score (nSPS) is 14.8. The van der Waals surface area contributed by atoms with Crippen LogP contribution in [0.3, 0.4) is 0 Å². The van der Waals surface area contributed by atoms with E-state index in [1.165, 1.54) is 0 Å². The van der Waals surface area contributed by atoms with Crippen LogP contribution in [0.5, 0.6) is 0 Å². The first-order valence-corrected chi connectivity index (χ1v) is 9.86. The molecule has 0 N–H and O–H groups in total. The molecule has 1 fully saturated rings. The molecular formula is C23H22N6. The maximum atomic E-state index is 4.84. The molecule has 144 valence electrons. The first-order valence-electron chi connectivity index (χ1n) is 9.86. The number of aromatic nitrogens is 3. The van der Waals surface area contributed by atoms with Crippen molar-refractivity contribution in [3.8, 4) is 11.3 Å². The molecule has 0 spiro atoms. The lowest BCUT2D eigenvalue weighted by Crippen LogP contribution is -2.44. The van der Waals surface area contributed by atoms with Crippen molar-refractivity contribution < 1.29 is 0 Å². The van der Waals surface area contributed by atoms with Crippen LogP contribution in [0, 0.1) is 0 Å². The molecule has 0 radical (unpaired) electrons. The van der Waals surface area contributed by atoms with Crippen LogP contribution in [0.1, 0.15) is 5.69 Å². The Bertz CT molecular complexity index is 1110. The predicted molar refractivity (Wildman–Crippen MR) is 116 cm³/mol. The largest absolute Gasteiger partial charge is 0.353 e. The van der Waals surface area contributed by atoms with E-state index in [-0.39, 0.29) is 0 Å². The van der Waals surface area contributed by atoms with Gasteiger partial charge < -0.3 is 4.90 Å². The summed E-state index contributed by atoms with van der Waals surface area (Å²) < 4.78 is 2.09. The summed E-state index contributed by atoms with van der Waals surface area (Å²) in [6.45, 7) is 3.55. The van der Waals surface area contributed by atoms with Gasteiger partial charge in [-0.05, 0) is 24.3 Å². The Kier molecular flexibility index (Phi) is 4.66. The molecule has 0 saturated carbocycles. The number of pyridine rings is 2. The van der Waals surface area contributed by atoms with Crippen molar-refractivity contribution in [2.75, 3.05) is 31.1 Å². The predicted octanol–water partition coefficient (Wildman–Crippen LogP) is 3.55. The maximum Gasteiger partial charge on any atom is 0.137 e. The molecule has 29 heavy (non-hydrogen) atoms. The Balaban J connectivity index is 1.39. The van der Waals surface area contributed by atoms with Crippen molar-refractivity contribution in [1.82, 2.24) is 19.4 Å². The van der Waals surface area contributed by atoms with E-state index in [0.717, 1.165) is 54.6 Å². The third-order valence-electron chi connectivity index (χ3n) is 5.19. The van der Waals surface area contributed by atoms with E-state index in [2.05, 4.69) is 37.5 Å². The molecule has 0 unspecified atom stereocenters. The molecule has 1 aliphatic rings. The Labute approximate surface area is 169 Å². The standard InChI is InChI=1S/C23H22N6/c1-2-8-19(9-3-1)23-20(29-13-7-5-11-22(29)26-23)18-25-28-16-14-27(15-17-28)21-10-4-6-12-24-21/h1-13,18H,14-17H2/b25-18+. The van der Waals surface area contributed by atoms with Crippen molar-refractivity contribution in [2.45, 2.75) is 0 Å². The monoisotopic (exact) mass is 382 g/mol. The molecule has 4 aromatic rings. The van der Waals surface area contributed by atoms with Gasteiger partial charge in [-0.1, -0.05) is 42.5 Å². The van der Waals surface area contributed by atoms with Crippen LogP contribution in [-0.4, -0.2) is 51.8 Å². The zero-order valence-electron chi connectivity index (χ0n) is 16.1. The quantitative estimate of drug-likeness (QED) is 0.507. The number of nitrogens with zero attached hydrogens (tertiary/aromatic N) is 6. The number of fused-ring (bicyclic) bond motifs is 1. The van der Waals surface area contributed by atoms with Gasteiger partial charge in [-0.3, -0.25) is 9.41 Å². The van der Waals surface area contributed by atoms with Gasteiger partial charge in [-0.25, -0.2) is 9.97 Å². The van der Waals surface area contributed by atoms with Crippen molar-refractivity contribution >= 4 is 17.7 Å². The van der Waals surface area contributed by atoms with Gasteiger partial charge in [-0.15, -0.1) is 0 Å². The second-order valence-electron chi connectivity index (χ2n) is 7.01. The summed E-state index contributed by atoms with van der Waals surface area (Å²) >= 11 is 0. The number of hydrogen-bond donors (Lipinski definition) is 0. The number of rotatable bonds is 4. The fourth-order valence-electron chi connectivity index (χ4n) is 3.66. The van der Waals surface area contributed by atoms with Gasteiger partial charge in [0.15, 0.2) is 0 Å². The third-order valence-corrected chi connectivity index (χ3v) is 5.19. The minimum absolute atomic E-state index is 0.866. The minimum atomic E-state index is 0.866. The first-order chi connectivity index (χ1) is 14.4. The Morgan fingerprint density at radius 2 is 1.62 bits per heavy atom. The van der Waals surface area contributed by atoms with Crippen LogP contribution in [-0.2, 0) is 0 Å². The highest BCUT2D eigenvalue weighted by Gasteiger charge is 2.17. The number of hydrazone groups is 1. The van der Waals surface area contributed by atoms with Gasteiger partial charge in [0.1, 0.15) is 11.5 Å². The molecule has 6 heteroatoms. The van der Waals surface area contributed by atoms with Gasteiger partial charge in [0.2, 0.25) is 0 Å². The second-order valence-corrected chi connectivity index (χ2v) is 7.01. The van der Waals surface area contributed by atoms with E-state index in [9.17, 15) is 0 Å². The van der Waals surface area contributed by atoms with Gasteiger partial charge in [0.05, 0.1) is 30.7 Å². The smallest absolute Gasteiger partial charge is 0.137 e. The summed E-state index contributed by atoms with van der Waals surface area (Å²) in [4.78, 5) is 11.6. The molecule has 0 bridgehead atoms. The number of benzene rings is 1. The number of hydrogen-bond acceptors (Lipinski definition) is 5. The molecule has 5 rings (SSSR count).